The van der Waals surface area contributed by atoms with Crippen molar-refractivity contribution in [2.24, 2.45) is 10.6 Å². The molecule has 1 fully saturated rings. The Morgan fingerprint density at radius 3 is 2.53 bits per heavy atom. The number of rotatable bonds is 5. The molecule has 1 heterocycles. The van der Waals surface area contributed by atoms with Gasteiger partial charge in [-0.3, -0.25) is 0 Å². The smallest absolute Gasteiger partial charge is 0.276 e. The lowest BCUT2D eigenvalue weighted by Crippen LogP contribution is -2.39. The number of hydrogen-bond donors (Lipinski definition) is 1. The van der Waals surface area contributed by atoms with E-state index in [4.69, 9.17) is 10.4 Å². The van der Waals surface area contributed by atoms with E-state index in [0.717, 1.165) is 32.4 Å². The van der Waals surface area contributed by atoms with E-state index in [9.17, 15) is 8.42 Å². The molecule has 1 aliphatic rings. The van der Waals surface area contributed by atoms with Gasteiger partial charge >= 0.3 is 0 Å². The van der Waals surface area contributed by atoms with E-state index in [0.29, 0.717) is 19.6 Å². The van der Waals surface area contributed by atoms with Crippen molar-refractivity contribution in [1.82, 2.24) is 9.21 Å². The molecule has 0 bridgehead atoms. The summed E-state index contributed by atoms with van der Waals surface area (Å²) in [6.45, 7) is 7.35. The van der Waals surface area contributed by atoms with Gasteiger partial charge in [0.25, 0.3) is 10.2 Å². The molecule has 0 aromatic carbocycles. The van der Waals surface area contributed by atoms with Gasteiger partial charge in [-0.15, -0.1) is 0 Å². The second-order valence-electron chi connectivity index (χ2n) is 5.74. The van der Waals surface area contributed by atoms with E-state index in [1.807, 2.05) is 13.8 Å². The summed E-state index contributed by atoms with van der Waals surface area (Å²) in [6, 6.07) is 2.30. The fourth-order valence-corrected chi connectivity index (χ4v) is 2.95. The normalized spacial score (nSPS) is 19.9. The van der Waals surface area contributed by atoms with Gasteiger partial charge in [0.1, 0.15) is 0 Å². The molecular weight excluding hydrogens is 264 g/mol. The monoisotopic (exact) mass is 288 g/mol. The molecule has 110 valence electrons. The summed E-state index contributed by atoms with van der Waals surface area (Å²) >= 11 is 0. The second-order valence-corrected chi connectivity index (χ2v) is 7.28. The lowest BCUT2D eigenvalue weighted by atomic mass is 9.90. The molecule has 0 atom stereocenters. The van der Waals surface area contributed by atoms with Crippen LogP contribution >= 0.6 is 0 Å². The highest BCUT2D eigenvalue weighted by Gasteiger charge is 2.22. The average molecular weight is 288 g/mol. The minimum atomic E-state index is -3.56. The molecule has 1 saturated heterocycles. The number of nitriles is 1. The van der Waals surface area contributed by atoms with Crippen LogP contribution in [0.25, 0.3) is 0 Å². The van der Waals surface area contributed by atoms with Crippen LogP contribution < -0.4 is 5.14 Å². The molecular formula is C12H24N4O2S. The highest BCUT2D eigenvalue weighted by atomic mass is 32.2. The van der Waals surface area contributed by atoms with Crippen LogP contribution in [0.15, 0.2) is 0 Å². The van der Waals surface area contributed by atoms with Crippen LogP contribution in [0, 0.1) is 16.7 Å². The Balaban J connectivity index is 2.37. The van der Waals surface area contributed by atoms with Crippen molar-refractivity contribution in [2.75, 3.05) is 32.7 Å². The summed E-state index contributed by atoms with van der Waals surface area (Å²) in [5.41, 5.74) is -0.279. The van der Waals surface area contributed by atoms with Gasteiger partial charge in [0, 0.05) is 19.6 Å². The summed E-state index contributed by atoms with van der Waals surface area (Å²) in [7, 11) is -3.56. The van der Waals surface area contributed by atoms with E-state index >= 15 is 0 Å². The Bertz CT molecular complexity index is 428. The number of nitrogens with zero attached hydrogens (tertiary/aromatic N) is 3. The van der Waals surface area contributed by atoms with Gasteiger partial charge in [-0.05, 0) is 46.2 Å². The first kappa shape index (κ1) is 16.4. The lowest BCUT2D eigenvalue weighted by Gasteiger charge is -2.22. The lowest BCUT2D eigenvalue weighted by molar-refractivity contribution is 0.267. The molecule has 7 heteroatoms. The summed E-state index contributed by atoms with van der Waals surface area (Å²) in [4.78, 5) is 2.25. The molecule has 0 spiro atoms. The first-order valence-corrected chi connectivity index (χ1v) is 8.16. The minimum Gasteiger partial charge on any atom is -0.302 e. The highest BCUT2D eigenvalue weighted by molar-refractivity contribution is 7.86. The van der Waals surface area contributed by atoms with Crippen LogP contribution in [-0.2, 0) is 10.2 Å². The fourth-order valence-electron chi connectivity index (χ4n) is 2.23. The van der Waals surface area contributed by atoms with Crippen molar-refractivity contribution in [1.29, 1.82) is 5.26 Å². The van der Waals surface area contributed by atoms with Crippen molar-refractivity contribution in [2.45, 2.75) is 33.1 Å². The van der Waals surface area contributed by atoms with E-state index < -0.39 is 10.2 Å². The molecule has 2 N–H and O–H groups in total. The predicted molar refractivity (Wildman–Crippen MR) is 74.4 cm³/mol. The number of hydrogen-bond acceptors (Lipinski definition) is 4. The Hall–Kier alpha value is -0.680. The number of nitrogens with two attached hydrogens (primary N) is 1. The third-order valence-corrected chi connectivity index (χ3v) is 4.57. The zero-order valence-corrected chi connectivity index (χ0v) is 12.6. The third-order valence-electron chi connectivity index (χ3n) is 3.49. The Labute approximate surface area is 116 Å². The Morgan fingerprint density at radius 2 is 1.95 bits per heavy atom. The molecule has 1 rings (SSSR count). The zero-order chi connectivity index (χ0) is 14.5. The third kappa shape index (κ3) is 5.87. The van der Waals surface area contributed by atoms with Gasteiger partial charge in [0.05, 0.1) is 11.5 Å². The van der Waals surface area contributed by atoms with Gasteiger partial charge in [-0.1, -0.05) is 0 Å². The fraction of sp³-hybridized carbons (Fsp3) is 0.917. The van der Waals surface area contributed by atoms with E-state index in [2.05, 4.69) is 11.0 Å². The van der Waals surface area contributed by atoms with Gasteiger partial charge in [0.2, 0.25) is 0 Å². The van der Waals surface area contributed by atoms with Crippen LogP contribution in [-0.4, -0.2) is 50.3 Å². The standard InChI is InChI=1S/C12H24N4O2S/c1-12(2,11-13)5-3-6-15-7-4-8-16(10-9-15)19(14,17)18/h3-10H2,1-2H3,(H2,14,17,18). The van der Waals surface area contributed by atoms with E-state index in [-0.39, 0.29) is 5.41 Å². The molecule has 0 amide bonds. The van der Waals surface area contributed by atoms with Gasteiger partial charge in [-0.2, -0.15) is 18.0 Å². The van der Waals surface area contributed by atoms with Gasteiger partial charge in [-0.25, -0.2) is 5.14 Å². The molecule has 1 aliphatic heterocycles. The van der Waals surface area contributed by atoms with Crippen LogP contribution in [0.1, 0.15) is 33.1 Å². The van der Waals surface area contributed by atoms with E-state index in [1.165, 1.54) is 4.31 Å². The molecule has 19 heavy (non-hydrogen) atoms. The topological polar surface area (TPSA) is 90.4 Å². The molecule has 0 radical (unpaired) electrons. The maximum Gasteiger partial charge on any atom is 0.276 e. The molecule has 6 nitrogen and oxygen atoms in total. The Morgan fingerprint density at radius 1 is 1.26 bits per heavy atom. The molecule has 0 aliphatic carbocycles. The van der Waals surface area contributed by atoms with Crippen molar-refractivity contribution >= 4 is 10.2 Å². The van der Waals surface area contributed by atoms with Crippen molar-refractivity contribution < 1.29 is 8.42 Å². The molecule has 0 unspecified atom stereocenters. The summed E-state index contributed by atoms with van der Waals surface area (Å²) < 4.78 is 23.9. The van der Waals surface area contributed by atoms with Crippen molar-refractivity contribution in [3.8, 4) is 6.07 Å². The zero-order valence-electron chi connectivity index (χ0n) is 11.8. The van der Waals surface area contributed by atoms with Crippen LogP contribution in [0.4, 0.5) is 0 Å². The summed E-state index contributed by atoms with van der Waals surface area (Å²) in [5, 5.41) is 14.1. The minimum absolute atomic E-state index is 0.279. The quantitative estimate of drug-likeness (QED) is 0.799. The van der Waals surface area contributed by atoms with Crippen molar-refractivity contribution in [3.05, 3.63) is 0 Å². The van der Waals surface area contributed by atoms with Crippen LogP contribution in [0.2, 0.25) is 0 Å². The molecule has 0 aromatic heterocycles. The first-order chi connectivity index (χ1) is 8.74. The van der Waals surface area contributed by atoms with E-state index in [1.54, 1.807) is 0 Å². The average Bonchev–Trinajstić information content (AvgIpc) is 2.54. The summed E-state index contributed by atoms with van der Waals surface area (Å²) in [5.74, 6) is 0. The largest absolute Gasteiger partial charge is 0.302 e. The maximum absolute atomic E-state index is 11.3. The highest BCUT2D eigenvalue weighted by Crippen LogP contribution is 2.21. The van der Waals surface area contributed by atoms with Crippen molar-refractivity contribution in [3.63, 3.8) is 0 Å². The molecule has 0 aromatic rings. The SMILES string of the molecule is CC(C)(C#N)CCCN1CCCN(S(N)(=O)=O)CC1. The first-order valence-electron chi connectivity index (χ1n) is 6.66. The van der Waals surface area contributed by atoms with Gasteiger partial charge < -0.3 is 4.90 Å². The van der Waals surface area contributed by atoms with Crippen LogP contribution in [0.5, 0.6) is 0 Å². The molecule has 0 saturated carbocycles. The predicted octanol–water partition coefficient (Wildman–Crippen LogP) is 0.528. The Kier molecular flexibility index (Phi) is 5.74. The summed E-state index contributed by atoms with van der Waals surface area (Å²) in [6.07, 6.45) is 2.62. The van der Waals surface area contributed by atoms with Gasteiger partial charge in [0.15, 0.2) is 0 Å². The maximum atomic E-state index is 11.3. The second kappa shape index (κ2) is 6.66. The van der Waals surface area contributed by atoms with Crippen LogP contribution in [0.3, 0.4) is 0 Å².